The van der Waals surface area contributed by atoms with E-state index in [1.165, 1.54) is 70.4 Å². The van der Waals surface area contributed by atoms with Gasteiger partial charge in [0.2, 0.25) is 0 Å². The van der Waals surface area contributed by atoms with Crippen molar-refractivity contribution in [1.82, 2.24) is 0 Å². The van der Waals surface area contributed by atoms with Crippen LogP contribution in [0.4, 0.5) is 34.1 Å². The van der Waals surface area contributed by atoms with Gasteiger partial charge in [-0.3, -0.25) is 0 Å². The van der Waals surface area contributed by atoms with Crippen LogP contribution in [0.15, 0.2) is 199 Å². The van der Waals surface area contributed by atoms with Gasteiger partial charge < -0.3 is 14.2 Å². The SMILES string of the molecule is CC1(C)c2ccccc2-c2c(N(c3cccc(N(c4cccc5c4C(C)(C)c4ccccc4-5)c4cccc5oc6ccccc6c45)c3)c3ccc4c(c3)sc3ccccc34)cccc21. The summed E-state index contributed by atoms with van der Waals surface area (Å²) in [6.07, 6.45) is 0. The maximum absolute atomic E-state index is 6.59. The minimum Gasteiger partial charge on any atom is -0.456 e. The van der Waals surface area contributed by atoms with Crippen LogP contribution in [0.3, 0.4) is 0 Å². The second-order valence-corrected chi connectivity index (χ2v) is 19.5. The van der Waals surface area contributed by atoms with Gasteiger partial charge in [0.25, 0.3) is 0 Å². The molecule has 0 saturated heterocycles. The number of furan rings is 1. The zero-order valence-electron chi connectivity index (χ0n) is 36.2. The molecule has 0 atom stereocenters. The minimum atomic E-state index is -0.249. The van der Waals surface area contributed by atoms with Crippen molar-refractivity contribution in [3.05, 3.63) is 216 Å². The van der Waals surface area contributed by atoms with E-state index in [0.29, 0.717) is 0 Å². The number of para-hydroxylation sites is 1. The lowest BCUT2D eigenvalue weighted by Gasteiger charge is -2.34. The summed E-state index contributed by atoms with van der Waals surface area (Å²) in [6.45, 7) is 9.49. The molecule has 0 spiro atoms. The van der Waals surface area contributed by atoms with Crippen LogP contribution in [-0.4, -0.2) is 0 Å². The molecule has 0 fully saturated rings. The molecule has 3 nitrogen and oxygen atoms in total. The van der Waals surface area contributed by atoms with Crippen LogP contribution >= 0.6 is 11.3 Å². The molecular formula is C60H44N2OS. The summed E-state index contributed by atoms with van der Waals surface area (Å²) in [6, 6.07) is 71.6. The fraction of sp³-hybridized carbons (Fsp3) is 0.100. The summed E-state index contributed by atoms with van der Waals surface area (Å²) in [4.78, 5) is 5.01. The molecule has 4 heteroatoms. The molecule has 306 valence electrons. The zero-order chi connectivity index (χ0) is 42.9. The number of fused-ring (bicyclic) bond motifs is 12. The molecule has 0 aliphatic heterocycles. The first-order valence-electron chi connectivity index (χ1n) is 22.3. The highest BCUT2D eigenvalue weighted by molar-refractivity contribution is 7.25. The topological polar surface area (TPSA) is 19.6 Å². The van der Waals surface area contributed by atoms with Crippen LogP contribution in [-0.2, 0) is 10.8 Å². The van der Waals surface area contributed by atoms with Crippen molar-refractivity contribution in [1.29, 1.82) is 0 Å². The average molecular weight is 841 g/mol. The van der Waals surface area contributed by atoms with Gasteiger partial charge in [0.15, 0.2) is 0 Å². The van der Waals surface area contributed by atoms with E-state index >= 15 is 0 Å². The molecule has 9 aromatic carbocycles. The average Bonchev–Trinajstić information content (AvgIpc) is 4.03. The summed E-state index contributed by atoms with van der Waals surface area (Å²) in [5.41, 5.74) is 18.6. The summed E-state index contributed by atoms with van der Waals surface area (Å²) >= 11 is 1.86. The number of rotatable bonds is 6. The first kappa shape index (κ1) is 37.2. The first-order chi connectivity index (χ1) is 31.3. The van der Waals surface area contributed by atoms with E-state index in [-0.39, 0.29) is 10.8 Å². The molecule has 64 heavy (non-hydrogen) atoms. The molecule has 2 heterocycles. The fourth-order valence-electron chi connectivity index (χ4n) is 11.3. The van der Waals surface area contributed by atoms with E-state index in [2.05, 4.69) is 232 Å². The van der Waals surface area contributed by atoms with Crippen LogP contribution in [0.25, 0.3) is 64.4 Å². The van der Waals surface area contributed by atoms with Crippen molar-refractivity contribution < 1.29 is 4.42 Å². The van der Waals surface area contributed by atoms with Crippen molar-refractivity contribution >= 4 is 87.6 Å². The number of nitrogens with zero attached hydrogens (tertiary/aromatic N) is 2. The molecule has 0 bridgehead atoms. The van der Waals surface area contributed by atoms with Gasteiger partial charge in [0.1, 0.15) is 11.2 Å². The summed E-state index contributed by atoms with van der Waals surface area (Å²) in [5, 5.41) is 4.79. The number of anilines is 6. The summed E-state index contributed by atoms with van der Waals surface area (Å²) in [7, 11) is 0. The third-order valence-electron chi connectivity index (χ3n) is 14.2. The Kier molecular flexibility index (Phi) is 7.87. The third-order valence-corrected chi connectivity index (χ3v) is 15.3. The standard InChI is InChI=1S/C60H44N2OS/c1-59(2)47-25-10-6-21-44(47)56-48(59)26-15-27-49(56)61(39-33-34-42-41-20-8-12-32-54(41)64-55(42)36-39)37-17-13-18-38(35-37)62(50-28-16-31-53-57(50)45-22-7-11-30-52(45)63-53)51-29-14-23-43-40-19-5-9-24-46(40)60(3,4)58(43)51/h5-36H,1-4H3. The Balaban J connectivity index is 1.09. The quantitative estimate of drug-likeness (QED) is 0.166. The maximum Gasteiger partial charge on any atom is 0.137 e. The Morgan fingerprint density at radius 1 is 0.391 bits per heavy atom. The maximum atomic E-state index is 6.59. The molecule has 2 aliphatic rings. The van der Waals surface area contributed by atoms with Gasteiger partial charge in [-0.1, -0.05) is 155 Å². The van der Waals surface area contributed by atoms with E-state index < -0.39 is 0 Å². The van der Waals surface area contributed by atoms with Gasteiger partial charge in [-0.2, -0.15) is 0 Å². The molecule has 0 radical (unpaired) electrons. The van der Waals surface area contributed by atoms with Crippen LogP contribution in [0, 0.1) is 0 Å². The summed E-state index contributed by atoms with van der Waals surface area (Å²) < 4.78 is 9.16. The number of hydrogen-bond donors (Lipinski definition) is 0. The third kappa shape index (κ3) is 5.21. The number of thiophene rings is 1. The predicted octanol–water partition coefficient (Wildman–Crippen LogP) is 17.5. The Bertz CT molecular complexity index is 3720. The zero-order valence-corrected chi connectivity index (χ0v) is 37.0. The van der Waals surface area contributed by atoms with Gasteiger partial charge in [-0.05, 0) is 106 Å². The van der Waals surface area contributed by atoms with Crippen molar-refractivity contribution in [2.75, 3.05) is 9.80 Å². The fourth-order valence-corrected chi connectivity index (χ4v) is 12.5. The number of benzene rings is 9. The highest BCUT2D eigenvalue weighted by atomic mass is 32.1. The molecule has 11 aromatic rings. The second-order valence-electron chi connectivity index (χ2n) is 18.5. The van der Waals surface area contributed by atoms with Crippen LogP contribution in [0.2, 0.25) is 0 Å². The molecule has 13 rings (SSSR count). The van der Waals surface area contributed by atoms with Crippen LogP contribution in [0.5, 0.6) is 0 Å². The van der Waals surface area contributed by atoms with Gasteiger partial charge >= 0.3 is 0 Å². The molecule has 0 unspecified atom stereocenters. The first-order valence-corrected chi connectivity index (χ1v) is 23.1. The van der Waals surface area contributed by atoms with E-state index in [1.807, 2.05) is 11.3 Å². The normalized spacial score (nSPS) is 14.2. The Hall–Kier alpha value is -7.40. The van der Waals surface area contributed by atoms with Gasteiger partial charge in [0.05, 0.1) is 22.4 Å². The highest BCUT2D eigenvalue weighted by Crippen LogP contribution is 2.57. The Labute approximate surface area is 377 Å². The highest BCUT2D eigenvalue weighted by Gasteiger charge is 2.40. The lowest BCUT2D eigenvalue weighted by Crippen LogP contribution is -2.21. The van der Waals surface area contributed by atoms with E-state index in [1.54, 1.807) is 0 Å². The molecule has 2 aromatic heterocycles. The molecular weight excluding hydrogens is 797 g/mol. The van der Waals surface area contributed by atoms with Crippen molar-refractivity contribution in [3.8, 4) is 22.3 Å². The molecule has 0 N–H and O–H groups in total. The Morgan fingerprint density at radius 2 is 0.969 bits per heavy atom. The predicted molar refractivity (Wildman–Crippen MR) is 271 cm³/mol. The monoisotopic (exact) mass is 840 g/mol. The van der Waals surface area contributed by atoms with Crippen LogP contribution < -0.4 is 9.80 Å². The molecule has 2 aliphatic carbocycles. The lowest BCUT2D eigenvalue weighted by molar-refractivity contribution is 0.660. The number of hydrogen-bond acceptors (Lipinski definition) is 4. The van der Waals surface area contributed by atoms with E-state index in [9.17, 15) is 0 Å². The molecule has 0 amide bonds. The van der Waals surface area contributed by atoms with Crippen molar-refractivity contribution in [3.63, 3.8) is 0 Å². The largest absolute Gasteiger partial charge is 0.456 e. The second kappa shape index (κ2) is 13.6. The van der Waals surface area contributed by atoms with Crippen molar-refractivity contribution in [2.45, 2.75) is 38.5 Å². The van der Waals surface area contributed by atoms with Gasteiger partial charge in [0, 0.05) is 59.0 Å². The van der Waals surface area contributed by atoms with E-state index in [0.717, 1.165) is 50.4 Å². The smallest absolute Gasteiger partial charge is 0.137 e. The lowest BCUT2D eigenvalue weighted by atomic mass is 9.81. The van der Waals surface area contributed by atoms with E-state index in [4.69, 9.17) is 4.42 Å². The molecule has 0 saturated carbocycles. The van der Waals surface area contributed by atoms with Crippen LogP contribution in [0.1, 0.15) is 49.9 Å². The van der Waals surface area contributed by atoms with Gasteiger partial charge in [-0.15, -0.1) is 11.3 Å². The Morgan fingerprint density at radius 3 is 1.83 bits per heavy atom. The van der Waals surface area contributed by atoms with Gasteiger partial charge in [-0.25, -0.2) is 0 Å². The minimum absolute atomic E-state index is 0.147. The van der Waals surface area contributed by atoms with Crippen molar-refractivity contribution in [2.24, 2.45) is 0 Å². The summed E-state index contributed by atoms with van der Waals surface area (Å²) in [5.74, 6) is 0.